The van der Waals surface area contributed by atoms with Crippen LogP contribution < -0.4 is 0 Å². The minimum Gasteiger partial charge on any atom is -0.282 e. The molecule has 152 valence electrons. The number of rotatable bonds is 6. The first kappa shape index (κ1) is 20.6. The molecule has 0 atom stereocenters. The van der Waals surface area contributed by atoms with E-state index >= 15 is 0 Å². The summed E-state index contributed by atoms with van der Waals surface area (Å²) in [6.45, 7) is 0. The van der Waals surface area contributed by atoms with E-state index in [0.717, 1.165) is 16.7 Å². The lowest BCUT2D eigenvalue weighted by Crippen LogP contribution is -2.27. The van der Waals surface area contributed by atoms with Gasteiger partial charge in [-0.3, -0.25) is 14.9 Å². The number of non-ortho nitro benzene ring substituents is 1. The van der Waals surface area contributed by atoms with E-state index in [1.54, 1.807) is 24.3 Å². The molecule has 0 aliphatic heterocycles. The Kier molecular flexibility index (Phi) is 5.96. The van der Waals surface area contributed by atoms with Crippen LogP contribution in [0, 0.1) is 10.1 Å². The number of thioether (sulfide) groups is 1. The van der Waals surface area contributed by atoms with Gasteiger partial charge >= 0.3 is 0 Å². The minimum absolute atomic E-state index is 0.0122. The Morgan fingerprint density at radius 1 is 0.645 bits per heavy atom. The molecule has 31 heavy (non-hydrogen) atoms. The molecule has 4 nitrogen and oxygen atoms in total. The van der Waals surface area contributed by atoms with Gasteiger partial charge in [0.05, 0.1) is 9.67 Å². The van der Waals surface area contributed by atoms with Crippen LogP contribution in [0.15, 0.2) is 115 Å². The van der Waals surface area contributed by atoms with E-state index in [-0.39, 0.29) is 10.8 Å². The fourth-order valence-electron chi connectivity index (χ4n) is 3.61. The summed E-state index contributed by atoms with van der Waals surface area (Å²) in [7, 11) is 0. The number of hydrogen-bond donors (Lipinski definition) is 0. The lowest BCUT2D eigenvalue weighted by molar-refractivity contribution is -0.384. The topological polar surface area (TPSA) is 60.2 Å². The number of nitrogens with zero attached hydrogens (tertiary/aromatic N) is 1. The van der Waals surface area contributed by atoms with Crippen LogP contribution in [0.1, 0.15) is 27.0 Å². The third kappa shape index (κ3) is 4.13. The maximum absolute atomic E-state index is 13.4. The van der Waals surface area contributed by atoms with Crippen LogP contribution in [0.25, 0.3) is 0 Å². The molecule has 4 rings (SSSR count). The number of nitro benzene ring substituents is 1. The fraction of sp³-hybridized carbons (Fsp3) is 0.0385. The Morgan fingerprint density at radius 3 is 1.52 bits per heavy atom. The van der Waals surface area contributed by atoms with Crippen LogP contribution in [0.5, 0.6) is 0 Å². The van der Waals surface area contributed by atoms with Crippen molar-refractivity contribution in [2.24, 2.45) is 0 Å². The van der Waals surface area contributed by atoms with E-state index < -0.39 is 9.67 Å². The Morgan fingerprint density at radius 2 is 1.06 bits per heavy atom. The van der Waals surface area contributed by atoms with Gasteiger partial charge in [0.25, 0.3) is 5.69 Å². The normalized spacial score (nSPS) is 11.1. The smallest absolute Gasteiger partial charge is 0.269 e. The first-order valence-electron chi connectivity index (χ1n) is 9.75. The van der Waals surface area contributed by atoms with Crippen molar-refractivity contribution < 1.29 is 9.72 Å². The van der Waals surface area contributed by atoms with Gasteiger partial charge in [-0.05, 0) is 16.7 Å². The molecule has 0 radical (unpaired) electrons. The number of benzene rings is 4. The third-order valence-corrected chi connectivity index (χ3v) is 6.53. The lowest BCUT2D eigenvalue weighted by atomic mass is 9.84. The van der Waals surface area contributed by atoms with Gasteiger partial charge in [0.2, 0.25) is 5.12 Å². The summed E-state index contributed by atoms with van der Waals surface area (Å²) in [4.78, 5) is 24.2. The molecule has 0 spiro atoms. The van der Waals surface area contributed by atoms with Gasteiger partial charge in [-0.25, -0.2) is 0 Å². The Hall–Kier alpha value is -3.70. The van der Waals surface area contributed by atoms with Crippen molar-refractivity contribution in [2.75, 3.05) is 0 Å². The molecule has 0 heterocycles. The standard InChI is InChI=1S/C26H19NO3S/c28-25(20-10-4-1-5-11-20)31-26(21-12-6-2-7-13-21,22-14-8-3-9-15-22)23-16-18-24(19-17-23)27(29)30/h1-19H. The van der Waals surface area contributed by atoms with Gasteiger partial charge < -0.3 is 0 Å². The highest BCUT2D eigenvalue weighted by Gasteiger charge is 2.40. The maximum atomic E-state index is 13.4. The molecule has 0 saturated heterocycles. The van der Waals surface area contributed by atoms with Gasteiger partial charge in [0.15, 0.2) is 0 Å². The molecule has 0 aliphatic carbocycles. The summed E-state index contributed by atoms with van der Waals surface area (Å²) in [5, 5.41) is 11.1. The summed E-state index contributed by atoms with van der Waals surface area (Å²) >= 11 is 1.21. The molecule has 0 saturated carbocycles. The molecule has 0 bridgehead atoms. The maximum Gasteiger partial charge on any atom is 0.269 e. The second-order valence-corrected chi connectivity index (χ2v) is 8.16. The number of carbonyl (C=O) groups excluding carboxylic acids is 1. The van der Waals surface area contributed by atoms with E-state index in [0.29, 0.717) is 5.56 Å². The van der Waals surface area contributed by atoms with Crippen molar-refractivity contribution in [3.05, 3.63) is 148 Å². The van der Waals surface area contributed by atoms with E-state index in [4.69, 9.17) is 0 Å². The average molecular weight is 426 g/mol. The van der Waals surface area contributed by atoms with Crippen LogP contribution in [-0.2, 0) is 4.75 Å². The van der Waals surface area contributed by atoms with Crippen molar-refractivity contribution >= 4 is 22.6 Å². The molecule has 0 aliphatic rings. The van der Waals surface area contributed by atoms with Crippen molar-refractivity contribution in [1.82, 2.24) is 0 Å². The monoisotopic (exact) mass is 425 g/mol. The molecule has 5 heteroatoms. The first-order chi connectivity index (χ1) is 15.1. The van der Waals surface area contributed by atoms with Crippen molar-refractivity contribution in [3.63, 3.8) is 0 Å². The van der Waals surface area contributed by atoms with Gasteiger partial charge in [0.1, 0.15) is 0 Å². The summed E-state index contributed by atoms with van der Waals surface area (Å²) in [6, 6.07) is 35.2. The van der Waals surface area contributed by atoms with E-state index in [9.17, 15) is 14.9 Å². The Labute approximate surface area is 184 Å². The zero-order valence-electron chi connectivity index (χ0n) is 16.5. The zero-order chi connectivity index (χ0) is 21.7. The highest BCUT2D eigenvalue weighted by atomic mass is 32.2. The predicted molar refractivity (Wildman–Crippen MR) is 124 cm³/mol. The number of nitro groups is 1. The summed E-state index contributed by atoms with van der Waals surface area (Å²) in [6.07, 6.45) is 0. The number of carbonyl (C=O) groups is 1. The van der Waals surface area contributed by atoms with Crippen molar-refractivity contribution in [3.8, 4) is 0 Å². The van der Waals surface area contributed by atoms with Gasteiger partial charge in [-0.1, -0.05) is 115 Å². The zero-order valence-corrected chi connectivity index (χ0v) is 17.4. The molecular formula is C26H19NO3S. The van der Waals surface area contributed by atoms with Crippen LogP contribution in [0.4, 0.5) is 5.69 Å². The van der Waals surface area contributed by atoms with Crippen LogP contribution in [0.3, 0.4) is 0 Å². The largest absolute Gasteiger partial charge is 0.282 e. The van der Waals surface area contributed by atoms with E-state index in [2.05, 4.69) is 0 Å². The van der Waals surface area contributed by atoms with Crippen LogP contribution in [0.2, 0.25) is 0 Å². The van der Waals surface area contributed by atoms with Gasteiger partial charge in [-0.2, -0.15) is 0 Å². The quantitative estimate of drug-likeness (QED) is 0.202. The molecular weight excluding hydrogens is 406 g/mol. The highest BCUT2D eigenvalue weighted by Crippen LogP contribution is 2.49. The van der Waals surface area contributed by atoms with Crippen LogP contribution >= 0.6 is 11.8 Å². The predicted octanol–water partition coefficient (Wildman–Crippen LogP) is 6.46. The van der Waals surface area contributed by atoms with Gasteiger partial charge in [0, 0.05) is 17.7 Å². The van der Waals surface area contributed by atoms with Crippen LogP contribution in [-0.4, -0.2) is 10.0 Å². The van der Waals surface area contributed by atoms with E-state index in [1.165, 1.54) is 23.9 Å². The lowest BCUT2D eigenvalue weighted by Gasteiger charge is -2.34. The summed E-state index contributed by atoms with van der Waals surface area (Å²) in [5.41, 5.74) is 3.25. The molecule has 0 fully saturated rings. The third-order valence-electron chi connectivity index (χ3n) is 5.10. The van der Waals surface area contributed by atoms with E-state index in [1.807, 2.05) is 78.9 Å². The molecule has 4 aromatic carbocycles. The molecule has 0 amide bonds. The Bertz CT molecular complexity index is 1140. The first-order valence-corrected chi connectivity index (χ1v) is 10.6. The van der Waals surface area contributed by atoms with Crippen molar-refractivity contribution in [2.45, 2.75) is 4.75 Å². The molecule has 0 unspecified atom stereocenters. The minimum atomic E-state index is -0.870. The van der Waals surface area contributed by atoms with Gasteiger partial charge in [-0.15, -0.1) is 0 Å². The molecule has 0 N–H and O–H groups in total. The summed E-state index contributed by atoms with van der Waals surface area (Å²) in [5.74, 6) is 0. The fourth-order valence-corrected chi connectivity index (χ4v) is 4.91. The number of hydrogen-bond acceptors (Lipinski definition) is 4. The average Bonchev–Trinajstić information content (AvgIpc) is 2.84. The van der Waals surface area contributed by atoms with Crippen molar-refractivity contribution in [1.29, 1.82) is 0 Å². The Balaban J connectivity index is 1.95. The molecule has 0 aromatic heterocycles. The second kappa shape index (κ2) is 8.98. The SMILES string of the molecule is O=C(SC(c1ccccc1)(c1ccccc1)c1ccc([N+](=O)[O-])cc1)c1ccccc1. The molecule has 4 aromatic rings. The second-order valence-electron chi connectivity index (χ2n) is 6.97. The summed E-state index contributed by atoms with van der Waals surface area (Å²) < 4.78 is -0.870. The highest BCUT2D eigenvalue weighted by molar-refractivity contribution is 8.15.